The van der Waals surface area contributed by atoms with Crippen molar-refractivity contribution >= 4 is 22.6 Å². The average molecular weight is 262 g/mol. The molecular formula is C15H22N2S. The fourth-order valence-electron chi connectivity index (χ4n) is 2.03. The third-order valence-corrected chi connectivity index (χ3v) is 4.26. The van der Waals surface area contributed by atoms with Gasteiger partial charge in [-0.2, -0.15) is 0 Å². The predicted molar refractivity (Wildman–Crippen MR) is 82.7 cm³/mol. The molecule has 1 heterocycles. The van der Waals surface area contributed by atoms with Gasteiger partial charge in [0.15, 0.2) is 5.17 Å². The molecule has 3 heteroatoms. The van der Waals surface area contributed by atoms with Crippen LogP contribution in [0.3, 0.4) is 0 Å². The molecule has 18 heavy (non-hydrogen) atoms. The van der Waals surface area contributed by atoms with E-state index in [0.717, 1.165) is 10.9 Å². The van der Waals surface area contributed by atoms with Crippen molar-refractivity contribution in [3.8, 4) is 0 Å². The Morgan fingerprint density at radius 2 is 1.94 bits per heavy atom. The Bertz CT molecular complexity index is 438. The zero-order valence-electron chi connectivity index (χ0n) is 11.6. The van der Waals surface area contributed by atoms with Crippen LogP contribution < -0.4 is 5.32 Å². The van der Waals surface area contributed by atoms with Gasteiger partial charge in [-0.1, -0.05) is 57.7 Å². The molecule has 98 valence electrons. The molecule has 1 N–H and O–H groups in total. The second kappa shape index (κ2) is 5.79. The van der Waals surface area contributed by atoms with E-state index < -0.39 is 0 Å². The molecule has 2 nitrogen and oxygen atoms in total. The summed E-state index contributed by atoms with van der Waals surface area (Å²) < 4.78 is 0. The maximum atomic E-state index is 4.75. The molecule has 1 unspecified atom stereocenters. The second-order valence-corrected chi connectivity index (χ2v) is 6.43. The van der Waals surface area contributed by atoms with E-state index in [2.05, 4.69) is 57.3 Å². The van der Waals surface area contributed by atoms with E-state index in [-0.39, 0.29) is 0 Å². The first-order valence-electron chi connectivity index (χ1n) is 6.64. The van der Waals surface area contributed by atoms with Gasteiger partial charge in [0, 0.05) is 11.4 Å². The standard InChI is InChI=1S/C15H22N2S/c1-10(2)12-7-5-6-8-13(12)16-15-17-14(9-18-15)11(3)4/h5-8,10-11,14H,9H2,1-4H3,(H,16,17). The average Bonchev–Trinajstić information content (AvgIpc) is 2.78. The van der Waals surface area contributed by atoms with E-state index in [0.29, 0.717) is 17.9 Å². The summed E-state index contributed by atoms with van der Waals surface area (Å²) in [5.74, 6) is 2.25. The van der Waals surface area contributed by atoms with E-state index in [4.69, 9.17) is 4.99 Å². The number of nitrogens with one attached hydrogen (secondary N) is 1. The van der Waals surface area contributed by atoms with Gasteiger partial charge < -0.3 is 5.32 Å². The monoisotopic (exact) mass is 262 g/mol. The number of rotatable bonds is 3. The third kappa shape index (κ3) is 3.08. The first kappa shape index (κ1) is 13.5. The van der Waals surface area contributed by atoms with Crippen LogP contribution in [0.15, 0.2) is 29.3 Å². The van der Waals surface area contributed by atoms with Crippen LogP contribution in [-0.4, -0.2) is 17.0 Å². The van der Waals surface area contributed by atoms with Gasteiger partial charge in [-0.3, -0.25) is 4.99 Å². The Kier molecular flexibility index (Phi) is 4.33. The van der Waals surface area contributed by atoms with E-state index in [1.807, 2.05) is 11.8 Å². The van der Waals surface area contributed by atoms with Crippen LogP contribution in [0.5, 0.6) is 0 Å². The molecule has 0 amide bonds. The highest BCUT2D eigenvalue weighted by molar-refractivity contribution is 8.14. The van der Waals surface area contributed by atoms with Crippen molar-refractivity contribution < 1.29 is 0 Å². The van der Waals surface area contributed by atoms with Gasteiger partial charge in [-0.15, -0.1) is 0 Å². The Morgan fingerprint density at radius 1 is 1.22 bits per heavy atom. The summed E-state index contributed by atoms with van der Waals surface area (Å²) in [7, 11) is 0. The minimum atomic E-state index is 0.462. The van der Waals surface area contributed by atoms with Gasteiger partial charge in [0.25, 0.3) is 0 Å². The number of aliphatic imine (C=N–C) groups is 1. The minimum Gasteiger partial charge on any atom is -0.335 e. The number of para-hydroxylation sites is 1. The molecular weight excluding hydrogens is 240 g/mol. The highest BCUT2D eigenvalue weighted by Crippen LogP contribution is 2.28. The Hall–Kier alpha value is -0.960. The minimum absolute atomic E-state index is 0.462. The lowest BCUT2D eigenvalue weighted by Gasteiger charge is -2.13. The molecule has 1 aliphatic heterocycles. The van der Waals surface area contributed by atoms with Gasteiger partial charge in [0.1, 0.15) is 0 Å². The van der Waals surface area contributed by atoms with Gasteiger partial charge in [-0.25, -0.2) is 0 Å². The van der Waals surface area contributed by atoms with Crippen molar-refractivity contribution in [2.45, 2.75) is 39.7 Å². The third-order valence-electron chi connectivity index (χ3n) is 3.27. The number of hydrogen-bond donors (Lipinski definition) is 1. The molecule has 0 saturated heterocycles. The van der Waals surface area contributed by atoms with Gasteiger partial charge in [0.05, 0.1) is 6.04 Å². The van der Waals surface area contributed by atoms with Crippen LogP contribution in [-0.2, 0) is 0 Å². The predicted octanol–water partition coefficient (Wildman–Crippen LogP) is 4.35. The van der Waals surface area contributed by atoms with Crippen molar-refractivity contribution in [3.63, 3.8) is 0 Å². The number of hydrogen-bond acceptors (Lipinski definition) is 3. The molecule has 0 spiro atoms. The Labute approximate surface area is 114 Å². The summed E-state index contributed by atoms with van der Waals surface area (Å²) >= 11 is 1.83. The molecule has 1 atom stereocenters. The van der Waals surface area contributed by atoms with Crippen molar-refractivity contribution in [1.82, 2.24) is 0 Å². The van der Waals surface area contributed by atoms with Crippen molar-refractivity contribution in [1.29, 1.82) is 0 Å². The largest absolute Gasteiger partial charge is 0.335 e. The van der Waals surface area contributed by atoms with Gasteiger partial charge in [-0.05, 0) is 23.5 Å². The molecule has 0 saturated carbocycles. The SMILES string of the molecule is CC(C)c1ccccc1NC1=NC(C(C)C)CS1. The zero-order chi connectivity index (χ0) is 13.1. The zero-order valence-corrected chi connectivity index (χ0v) is 12.4. The molecule has 0 radical (unpaired) electrons. The van der Waals surface area contributed by atoms with Crippen LogP contribution in [0.4, 0.5) is 5.69 Å². The van der Waals surface area contributed by atoms with Gasteiger partial charge >= 0.3 is 0 Å². The lowest BCUT2D eigenvalue weighted by Crippen LogP contribution is -2.12. The Morgan fingerprint density at radius 3 is 2.56 bits per heavy atom. The highest BCUT2D eigenvalue weighted by atomic mass is 32.2. The van der Waals surface area contributed by atoms with Crippen LogP contribution in [0, 0.1) is 5.92 Å². The van der Waals surface area contributed by atoms with E-state index in [1.165, 1.54) is 11.3 Å². The molecule has 0 aromatic heterocycles. The Balaban J connectivity index is 2.13. The van der Waals surface area contributed by atoms with Crippen molar-refractivity contribution in [2.75, 3.05) is 11.1 Å². The molecule has 1 aliphatic rings. The topological polar surface area (TPSA) is 24.4 Å². The summed E-state index contributed by atoms with van der Waals surface area (Å²) in [6.45, 7) is 8.92. The summed E-state index contributed by atoms with van der Waals surface area (Å²) in [6, 6.07) is 8.97. The van der Waals surface area contributed by atoms with Gasteiger partial charge in [0.2, 0.25) is 0 Å². The van der Waals surface area contributed by atoms with E-state index in [9.17, 15) is 0 Å². The quantitative estimate of drug-likeness (QED) is 0.875. The van der Waals surface area contributed by atoms with Crippen molar-refractivity contribution in [3.05, 3.63) is 29.8 Å². The van der Waals surface area contributed by atoms with E-state index >= 15 is 0 Å². The number of amidine groups is 1. The summed E-state index contributed by atoms with van der Waals surface area (Å²) in [5.41, 5.74) is 2.55. The normalized spacial score (nSPS) is 19.4. The summed E-state index contributed by atoms with van der Waals surface area (Å²) in [5, 5.41) is 4.56. The van der Waals surface area contributed by atoms with Crippen molar-refractivity contribution in [2.24, 2.45) is 10.9 Å². The molecule has 0 fully saturated rings. The first-order chi connectivity index (χ1) is 8.58. The number of anilines is 1. The molecule has 0 aliphatic carbocycles. The molecule has 0 bridgehead atoms. The molecule has 2 rings (SSSR count). The highest BCUT2D eigenvalue weighted by Gasteiger charge is 2.21. The molecule has 1 aromatic rings. The van der Waals surface area contributed by atoms with Crippen LogP contribution in [0.25, 0.3) is 0 Å². The maximum Gasteiger partial charge on any atom is 0.161 e. The number of nitrogens with zero attached hydrogens (tertiary/aromatic N) is 1. The number of benzene rings is 1. The van der Waals surface area contributed by atoms with E-state index in [1.54, 1.807) is 0 Å². The summed E-state index contributed by atoms with van der Waals surface area (Å²) in [4.78, 5) is 4.75. The molecule has 1 aromatic carbocycles. The smallest absolute Gasteiger partial charge is 0.161 e. The fraction of sp³-hybridized carbons (Fsp3) is 0.533. The lowest BCUT2D eigenvalue weighted by molar-refractivity contribution is 0.543. The number of thioether (sulfide) groups is 1. The van der Waals surface area contributed by atoms with Crippen LogP contribution >= 0.6 is 11.8 Å². The van der Waals surface area contributed by atoms with Crippen LogP contribution in [0.1, 0.15) is 39.2 Å². The summed E-state index contributed by atoms with van der Waals surface area (Å²) in [6.07, 6.45) is 0. The second-order valence-electron chi connectivity index (χ2n) is 5.42. The maximum absolute atomic E-state index is 4.75. The van der Waals surface area contributed by atoms with Crippen LogP contribution in [0.2, 0.25) is 0 Å². The fourth-order valence-corrected chi connectivity index (χ4v) is 3.21. The lowest BCUT2D eigenvalue weighted by atomic mass is 10.0. The first-order valence-corrected chi connectivity index (χ1v) is 7.63.